The van der Waals surface area contributed by atoms with Crippen molar-refractivity contribution in [3.05, 3.63) is 82.8 Å². The van der Waals surface area contributed by atoms with Crippen molar-refractivity contribution in [3.8, 4) is 23.3 Å². The molecule has 1 amide bonds. The molecule has 0 saturated heterocycles. The Morgan fingerprint density at radius 1 is 1.12 bits per heavy atom. The monoisotopic (exact) mass is 470 g/mol. The number of rotatable bonds is 7. The Morgan fingerprint density at radius 3 is 2.74 bits per heavy atom. The molecule has 174 valence electrons. The summed E-state index contributed by atoms with van der Waals surface area (Å²) in [4.78, 5) is 12.4. The number of benzene rings is 2. The highest BCUT2D eigenvalue weighted by atomic mass is 19.4. The van der Waals surface area contributed by atoms with Gasteiger partial charge in [0.05, 0.1) is 5.56 Å². The number of hydrogen-bond acceptors (Lipinski definition) is 6. The summed E-state index contributed by atoms with van der Waals surface area (Å²) in [5.74, 6) is 1.16. The minimum absolute atomic E-state index is 0.0314. The maximum Gasteiger partial charge on any atom is 0.416 e. The molecule has 0 aliphatic carbocycles. The van der Waals surface area contributed by atoms with Gasteiger partial charge < -0.3 is 23.9 Å². The molecule has 7 nitrogen and oxygen atoms in total. The first-order valence-electron chi connectivity index (χ1n) is 9.99. The number of fused-ring (bicyclic) bond motifs is 1. The first kappa shape index (κ1) is 22.8. The van der Waals surface area contributed by atoms with Gasteiger partial charge in [-0.2, -0.15) is 18.4 Å². The van der Waals surface area contributed by atoms with Gasteiger partial charge in [0.15, 0.2) is 11.5 Å². The second-order valence-electron chi connectivity index (χ2n) is 7.16. The Hall–Kier alpha value is -4.39. The second-order valence-corrected chi connectivity index (χ2v) is 7.16. The number of nitrogens with one attached hydrogen (secondary N) is 1. The summed E-state index contributed by atoms with van der Waals surface area (Å²) in [7, 11) is 0. The zero-order valence-corrected chi connectivity index (χ0v) is 17.5. The van der Waals surface area contributed by atoms with Crippen LogP contribution >= 0.6 is 0 Å². The molecule has 0 spiro atoms. The van der Waals surface area contributed by atoms with Crippen LogP contribution in [0.3, 0.4) is 0 Å². The SMILES string of the molecule is N#CC(=Cc1ccc(COc2cccc(C(F)(F)F)c2)o1)C(=O)NCc1ccc2c(c1)OCO2. The van der Waals surface area contributed by atoms with Crippen molar-refractivity contribution in [1.82, 2.24) is 5.32 Å². The maximum absolute atomic E-state index is 12.8. The van der Waals surface area contributed by atoms with E-state index < -0.39 is 17.6 Å². The Kier molecular flexibility index (Phi) is 6.45. The summed E-state index contributed by atoms with van der Waals surface area (Å²) in [6, 6.07) is 14.6. The number of nitrogens with zero attached hydrogens (tertiary/aromatic N) is 1. The lowest BCUT2D eigenvalue weighted by Gasteiger charge is -2.09. The first-order chi connectivity index (χ1) is 16.3. The molecule has 1 aliphatic rings. The lowest BCUT2D eigenvalue weighted by molar-refractivity contribution is -0.137. The van der Waals surface area contributed by atoms with Crippen LogP contribution in [0.15, 0.2) is 64.6 Å². The predicted molar refractivity (Wildman–Crippen MR) is 112 cm³/mol. The van der Waals surface area contributed by atoms with E-state index in [1.165, 1.54) is 24.3 Å². The van der Waals surface area contributed by atoms with Crippen LogP contribution in [0.2, 0.25) is 0 Å². The fraction of sp³-hybridized carbons (Fsp3) is 0.167. The van der Waals surface area contributed by atoms with Gasteiger partial charge in [0.1, 0.15) is 35.5 Å². The highest BCUT2D eigenvalue weighted by molar-refractivity contribution is 6.01. The van der Waals surface area contributed by atoms with Gasteiger partial charge in [-0.3, -0.25) is 4.79 Å². The number of carbonyl (C=O) groups excluding carboxylic acids is 1. The molecular formula is C24H17F3N2O5. The molecule has 1 aliphatic heterocycles. The van der Waals surface area contributed by atoms with Crippen molar-refractivity contribution in [3.63, 3.8) is 0 Å². The zero-order chi connectivity index (χ0) is 24.1. The lowest BCUT2D eigenvalue weighted by Crippen LogP contribution is -2.23. The molecule has 0 saturated carbocycles. The van der Waals surface area contributed by atoms with Crippen molar-refractivity contribution in [2.24, 2.45) is 0 Å². The fourth-order valence-corrected chi connectivity index (χ4v) is 3.09. The van der Waals surface area contributed by atoms with E-state index >= 15 is 0 Å². The molecule has 0 bridgehead atoms. The van der Waals surface area contributed by atoms with E-state index in [0.29, 0.717) is 17.3 Å². The molecule has 34 heavy (non-hydrogen) atoms. The zero-order valence-electron chi connectivity index (χ0n) is 17.5. The van der Waals surface area contributed by atoms with Crippen LogP contribution in [0.25, 0.3) is 6.08 Å². The molecule has 2 aromatic carbocycles. The first-order valence-corrected chi connectivity index (χ1v) is 9.99. The number of alkyl halides is 3. The quantitative estimate of drug-likeness (QED) is 0.393. The summed E-state index contributed by atoms with van der Waals surface area (Å²) in [5, 5.41) is 12.0. The van der Waals surface area contributed by atoms with E-state index in [1.807, 2.05) is 6.07 Å². The number of halogens is 3. The average molecular weight is 470 g/mol. The summed E-state index contributed by atoms with van der Waals surface area (Å²) < 4.78 is 59.8. The second kappa shape index (κ2) is 9.62. The highest BCUT2D eigenvalue weighted by Gasteiger charge is 2.30. The molecule has 1 N–H and O–H groups in total. The van der Waals surface area contributed by atoms with Crippen LogP contribution in [0, 0.1) is 11.3 Å². The molecule has 3 aromatic rings. The molecule has 0 unspecified atom stereocenters. The van der Waals surface area contributed by atoms with E-state index in [1.54, 1.807) is 24.3 Å². The number of hydrogen-bond donors (Lipinski definition) is 1. The number of furan rings is 1. The van der Waals surface area contributed by atoms with Crippen LogP contribution in [-0.2, 0) is 24.1 Å². The predicted octanol–water partition coefficient (Wildman–Crippen LogP) is 4.83. The Labute approximate surface area is 192 Å². The van der Waals surface area contributed by atoms with Crippen molar-refractivity contribution in [1.29, 1.82) is 5.26 Å². The van der Waals surface area contributed by atoms with Gasteiger partial charge in [0, 0.05) is 12.6 Å². The van der Waals surface area contributed by atoms with Crippen LogP contribution in [0.4, 0.5) is 13.2 Å². The van der Waals surface area contributed by atoms with Crippen LogP contribution in [0.5, 0.6) is 17.2 Å². The van der Waals surface area contributed by atoms with E-state index in [9.17, 15) is 23.2 Å². The number of amides is 1. The van der Waals surface area contributed by atoms with Crippen molar-refractivity contribution < 1.29 is 36.6 Å². The van der Waals surface area contributed by atoms with Crippen LogP contribution < -0.4 is 19.5 Å². The topological polar surface area (TPSA) is 93.7 Å². The Bertz CT molecular complexity index is 1270. The normalized spacial score (nSPS) is 12.8. The van der Waals surface area contributed by atoms with Crippen molar-refractivity contribution in [2.45, 2.75) is 19.3 Å². The van der Waals surface area contributed by atoms with Gasteiger partial charge in [0.2, 0.25) is 6.79 Å². The third-order valence-electron chi connectivity index (χ3n) is 4.77. The molecule has 0 fully saturated rings. The van der Waals surface area contributed by atoms with E-state index in [0.717, 1.165) is 17.7 Å². The van der Waals surface area contributed by atoms with Gasteiger partial charge in [-0.15, -0.1) is 0 Å². The minimum Gasteiger partial charge on any atom is -0.486 e. The van der Waals surface area contributed by atoms with Gasteiger partial charge >= 0.3 is 6.18 Å². The average Bonchev–Trinajstić information content (AvgIpc) is 3.48. The van der Waals surface area contributed by atoms with Gasteiger partial charge in [0.25, 0.3) is 5.91 Å². The number of carbonyl (C=O) groups is 1. The third kappa shape index (κ3) is 5.50. The summed E-state index contributed by atoms with van der Waals surface area (Å²) in [6.45, 7) is 0.179. The lowest BCUT2D eigenvalue weighted by atomic mass is 10.2. The van der Waals surface area contributed by atoms with Crippen molar-refractivity contribution in [2.75, 3.05) is 6.79 Å². The molecule has 0 radical (unpaired) electrons. The number of ether oxygens (including phenoxy) is 3. The van der Waals surface area contributed by atoms with E-state index in [2.05, 4.69) is 5.32 Å². The van der Waals surface area contributed by atoms with Crippen LogP contribution in [-0.4, -0.2) is 12.7 Å². The third-order valence-corrected chi connectivity index (χ3v) is 4.77. The smallest absolute Gasteiger partial charge is 0.416 e. The minimum atomic E-state index is -4.47. The standard InChI is InChI=1S/C24H17F3N2O5/c25-24(26,27)17-2-1-3-18(10-17)31-13-20-6-5-19(34-20)9-16(11-28)23(30)29-12-15-4-7-21-22(8-15)33-14-32-21/h1-10H,12-14H2,(H,29,30). The fourth-order valence-electron chi connectivity index (χ4n) is 3.09. The van der Waals surface area contributed by atoms with E-state index in [-0.39, 0.29) is 37.0 Å². The van der Waals surface area contributed by atoms with Crippen molar-refractivity contribution >= 4 is 12.0 Å². The van der Waals surface area contributed by atoms with Gasteiger partial charge in [-0.25, -0.2) is 0 Å². The Balaban J connectivity index is 1.35. The molecule has 4 rings (SSSR count). The number of nitriles is 1. The highest BCUT2D eigenvalue weighted by Crippen LogP contribution is 2.33. The Morgan fingerprint density at radius 2 is 1.94 bits per heavy atom. The largest absolute Gasteiger partial charge is 0.486 e. The van der Waals surface area contributed by atoms with Gasteiger partial charge in [-0.05, 0) is 48.0 Å². The van der Waals surface area contributed by atoms with Gasteiger partial charge in [-0.1, -0.05) is 12.1 Å². The molecule has 2 heterocycles. The maximum atomic E-state index is 12.8. The van der Waals surface area contributed by atoms with E-state index in [4.69, 9.17) is 18.6 Å². The molecule has 1 aromatic heterocycles. The molecule has 0 atom stereocenters. The molecule has 10 heteroatoms. The molecular weight excluding hydrogens is 453 g/mol. The summed E-state index contributed by atoms with van der Waals surface area (Å²) >= 11 is 0. The summed E-state index contributed by atoms with van der Waals surface area (Å²) in [6.07, 6.45) is -3.21. The summed E-state index contributed by atoms with van der Waals surface area (Å²) in [5.41, 5.74) is -0.235. The van der Waals surface area contributed by atoms with Crippen LogP contribution in [0.1, 0.15) is 22.6 Å².